The normalized spacial score (nSPS) is 10.2. The predicted molar refractivity (Wildman–Crippen MR) is 89.9 cm³/mol. The first-order valence-electron chi connectivity index (χ1n) is 6.99. The Labute approximate surface area is 147 Å². The Balaban J connectivity index is 1.98. The highest BCUT2D eigenvalue weighted by Gasteiger charge is 2.16. The molecular formula is C16H13ClN2O6. The summed E-state index contributed by atoms with van der Waals surface area (Å²) in [5.74, 6) is -1.76. The maximum atomic E-state index is 11.9. The van der Waals surface area contributed by atoms with Gasteiger partial charge in [-0.25, -0.2) is 4.79 Å². The third-order valence-corrected chi connectivity index (χ3v) is 3.54. The van der Waals surface area contributed by atoms with E-state index in [1.54, 1.807) is 19.1 Å². The summed E-state index contributed by atoms with van der Waals surface area (Å²) in [5.41, 5.74) is 0.369. The molecule has 0 aliphatic heterocycles. The minimum Gasteiger partial charge on any atom is -0.507 e. The number of hydrogen-bond acceptors (Lipinski definition) is 6. The van der Waals surface area contributed by atoms with Crippen LogP contribution in [0.15, 0.2) is 36.4 Å². The van der Waals surface area contributed by atoms with Crippen molar-refractivity contribution in [2.24, 2.45) is 0 Å². The van der Waals surface area contributed by atoms with E-state index in [2.05, 4.69) is 5.32 Å². The molecule has 2 aromatic carbocycles. The molecule has 0 spiro atoms. The van der Waals surface area contributed by atoms with E-state index in [1.807, 2.05) is 0 Å². The first kappa shape index (κ1) is 18.2. The highest BCUT2D eigenvalue weighted by molar-refractivity contribution is 6.34. The number of aryl methyl sites for hydroxylation is 1. The van der Waals surface area contributed by atoms with Crippen LogP contribution >= 0.6 is 11.6 Å². The van der Waals surface area contributed by atoms with Crippen LogP contribution in [0.5, 0.6) is 5.75 Å². The summed E-state index contributed by atoms with van der Waals surface area (Å²) in [4.78, 5) is 33.7. The van der Waals surface area contributed by atoms with Gasteiger partial charge >= 0.3 is 5.97 Å². The summed E-state index contributed by atoms with van der Waals surface area (Å²) >= 11 is 5.85. The van der Waals surface area contributed by atoms with Crippen LogP contribution in [0.3, 0.4) is 0 Å². The zero-order valence-electron chi connectivity index (χ0n) is 13.0. The van der Waals surface area contributed by atoms with E-state index in [9.17, 15) is 24.8 Å². The molecule has 0 fully saturated rings. The SMILES string of the molecule is Cc1cccc(C(=O)OCC(=O)Nc2ccc([N+](=O)[O-])cc2Cl)c1O. The van der Waals surface area contributed by atoms with Crippen molar-refractivity contribution in [1.29, 1.82) is 0 Å². The highest BCUT2D eigenvalue weighted by Crippen LogP contribution is 2.26. The Bertz CT molecular complexity index is 853. The number of para-hydroxylation sites is 1. The van der Waals surface area contributed by atoms with Gasteiger partial charge in [-0.1, -0.05) is 23.7 Å². The number of amides is 1. The summed E-state index contributed by atoms with van der Waals surface area (Å²) in [6.45, 7) is 1.01. The van der Waals surface area contributed by atoms with E-state index in [-0.39, 0.29) is 27.7 Å². The van der Waals surface area contributed by atoms with E-state index in [0.29, 0.717) is 5.56 Å². The van der Waals surface area contributed by atoms with Crippen molar-refractivity contribution in [2.45, 2.75) is 6.92 Å². The van der Waals surface area contributed by atoms with Gasteiger partial charge in [0.2, 0.25) is 0 Å². The van der Waals surface area contributed by atoms with E-state index < -0.39 is 23.4 Å². The van der Waals surface area contributed by atoms with Gasteiger partial charge in [-0.05, 0) is 24.6 Å². The van der Waals surface area contributed by atoms with Gasteiger partial charge in [-0.2, -0.15) is 0 Å². The van der Waals surface area contributed by atoms with Crippen molar-refractivity contribution in [1.82, 2.24) is 0 Å². The van der Waals surface area contributed by atoms with Crippen LogP contribution in [0.25, 0.3) is 0 Å². The lowest BCUT2D eigenvalue weighted by atomic mass is 10.1. The fourth-order valence-electron chi connectivity index (χ4n) is 1.94. The zero-order chi connectivity index (χ0) is 18.6. The number of nitrogens with one attached hydrogen (secondary N) is 1. The van der Waals surface area contributed by atoms with Gasteiger partial charge < -0.3 is 15.2 Å². The summed E-state index contributed by atoms with van der Waals surface area (Å²) in [6, 6.07) is 8.10. The van der Waals surface area contributed by atoms with Crippen LogP contribution < -0.4 is 5.32 Å². The van der Waals surface area contributed by atoms with Crippen LogP contribution in [0, 0.1) is 17.0 Å². The molecule has 0 unspecified atom stereocenters. The second-order valence-electron chi connectivity index (χ2n) is 5.02. The standard InChI is InChI=1S/C16H13ClN2O6/c1-9-3-2-4-11(15(9)21)16(22)25-8-14(20)18-13-6-5-10(19(23)24)7-12(13)17/h2-7,21H,8H2,1H3,(H,18,20). The molecule has 2 N–H and O–H groups in total. The van der Waals surface area contributed by atoms with Crippen molar-refractivity contribution < 1.29 is 24.4 Å². The molecule has 0 bridgehead atoms. The molecule has 2 rings (SSSR count). The summed E-state index contributed by atoms with van der Waals surface area (Å²) < 4.78 is 4.84. The lowest BCUT2D eigenvalue weighted by Crippen LogP contribution is -2.21. The maximum absolute atomic E-state index is 11.9. The molecule has 0 aliphatic rings. The number of nitrogens with zero attached hydrogens (tertiary/aromatic N) is 1. The second-order valence-corrected chi connectivity index (χ2v) is 5.42. The van der Waals surface area contributed by atoms with Gasteiger partial charge in [-0.15, -0.1) is 0 Å². The number of carbonyl (C=O) groups excluding carboxylic acids is 2. The van der Waals surface area contributed by atoms with Gasteiger partial charge in [0.05, 0.1) is 15.6 Å². The quantitative estimate of drug-likeness (QED) is 0.478. The van der Waals surface area contributed by atoms with Crippen LogP contribution in [0.2, 0.25) is 5.02 Å². The first-order valence-corrected chi connectivity index (χ1v) is 7.37. The number of nitro benzene ring substituents is 1. The number of phenols is 1. The number of anilines is 1. The number of non-ortho nitro benzene ring substituents is 1. The van der Waals surface area contributed by atoms with Gasteiger partial charge in [-0.3, -0.25) is 14.9 Å². The largest absolute Gasteiger partial charge is 0.507 e. The Hall–Kier alpha value is -3.13. The Morgan fingerprint density at radius 2 is 2.04 bits per heavy atom. The highest BCUT2D eigenvalue weighted by atomic mass is 35.5. The minimum absolute atomic E-state index is 0.0230. The molecule has 0 aromatic heterocycles. The summed E-state index contributed by atoms with van der Waals surface area (Å²) in [6.07, 6.45) is 0. The molecule has 1 amide bonds. The number of ether oxygens (including phenoxy) is 1. The smallest absolute Gasteiger partial charge is 0.342 e. The Morgan fingerprint density at radius 3 is 2.68 bits per heavy atom. The topological polar surface area (TPSA) is 119 Å². The Morgan fingerprint density at radius 1 is 1.32 bits per heavy atom. The predicted octanol–water partition coefficient (Wildman–Crippen LogP) is 3.06. The van der Waals surface area contributed by atoms with Crippen LogP contribution in [-0.2, 0) is 9.53 Å². The number of carbonyl (C=O) groups is 2. The van der Waals surface area contributed by atoms with Crippen LogP contribution in [0.1, 0.15) is 15.9 Å². The molecule has 0 radical (unpaired) electrons. The maximum Gasteiger partial charge on any atom is 0.342 e. The van der Waals surface area contributed by atoms with Crippen molar-refractivity contribution >= 4 is 34.9 Å². The van der Waals surface area contributed by atoms with Crippen molar-refractivity contribution in [2.75, 3.05) is 11.9 Å². The average molecular weight is 365 g/mol. The second kappa shape index (κ2) is 7.63. The van der Waals surface area contributed by atoms with Gasteiger partial charge in [0.25, 0.3) is 11.6 Å². The molecule has 25 heavy (non-hydrogen) atoms. The molecule has 0 saturated heterocycles. The van der Waals surface area contributed by atoms with Gasteiger partial charge in [0.15, 0.2) is 6.61 Å². The van der Waals surface area contributed by atoms with Crippen molar-refractivity contribution in [3.05, 3.63) is 62.7 Å². The molecule has 2 aromatic rings. The molecule has 9 heteroatoms. The third kappa shape index (κ3) is 4.45. The molecule has 130 valence electrons. The average Bonchev–Trinajstić information content (AvgIpc) is 2.56. The van der Waals surface area contributed by atoms with Crippen LogP contribution in [-0.4, -0.2) is 28.5 Å². The third-order valence-electron chi connectivity index (χ3n) is 3.23. The van der Waals surface area contributed by atoms with Gasteiger partial charge in [0.1, 0.15) is 11.3 Å². The molecule has 8 nitrogen and oxygen atoms in total. The number of hydrogen-bond donors (Lipinski definition) is 2. The number of aromatic hydroxyl groups is 1. The molecular weight excluding hydrogens is 352 g/mol. The molecule has 0 saturated carbocycles. The summed E-state index contributed by atoms with van der Waals surface area (Å²) in [7, 11) is 0. The summed E-state index contributed by atoms with van der Waals surface area (Å²) in [5, 5.41) is 22.8. The zero-order valence-corrected chi connectivity index (χ0v) is 13.7. The van der Waals surface area contributed by atoms with E-state index in [1.165, 1.54) is 18.2 Å². The fraction of sp³-hybridized carbons (Fsp3) is 0.125. The lowest BCUT2D eigenvalue weighted by Gasteiger charge is -2.09. The fourth-order valence-corrected chi connectivity index (χ4v) is 2.16. The molecule has 0 atom stereocenters. The Kier molecular flexibility index (Phi) is 5.56. The number of rotatable bonds is 5. The number of esters is 1. The van der Waals surface area contributed by atoms with Crippen LogP contribution in [0.4, 0.5) is 11.4 Å². The molecule has 0 aliphatic carbocycles. The van der Waals surface area contributed by atoms with E-state index >= 15 is 0 Å². The minimum atomic E-state index is -0.855. The van der Waals surface area contributed by atoms with Crippen molar-refractivity contribution in [3.63, 3.8) is 0 Å². The number of nitro groups is 1. The number of phenolic OH excluding ortho intramolecular Hbond substituents is 1. The lowest BCUT2D eigenvalue weighted by molar-refractivity contribution is -0.384. The van der Waals surface area contributed by atoms with Gasteiger partial charge in [0, 0.05) is 12.1 Å². The monoisotopic (exact) mass is 364 g/mol. The van der Waals surface area contributed by atoms with E-state index in [0.717, 1.165) is 6.07 Å². The van der Waals surface area contributed by atoms with Crippen molar-refractivity contribution in [3.8, 4) is 5.75 Å². The number of halogens is 1. The number of benzene rings is 2. The first-order chi connectivity index (χ1) is 11.8. The molecule has 0 heterocycles. The van der Waals surface area contributed by atoms with E-state index in [4.69, 9.17) is 16.3 Å².